The maximum absolute atomic E-state index is 12.7. The molecule has 1 saturated carbocycles. The average molecular weight is 434 g/mol. The molecule has 1 N–H and O–H groups in total. The molecule has 0 bridgehead atoms. The maximum Gasteiger partial charge on any atom is 0.243 e. The second-order valence-corrected chi connectivity index (χ2v) is 10.2. The van der Waals surface area contributed by atoms with Gasteiger partial charge in [-0.05, 0) is 43.9 Å². The summed E-state index contributed by atoms with van der Waals surface area (Å²) in [6, 6.07) is 6.19. The first-order chi connectivity index (χ1) is 14.4. The fourth-order valence-corrected chi connectivity index (χ4v) is 6.26. The Balaban J connectivity index is 1.37. The van der Waals surface area contributed by atoms with Gasteiger partial charge in [-0.3, -0.25) is 19.3 Å². The van der Waals surface area contributed by atoms with Crippen molar-refractivity contribution in [1.82, 2.24) is 9.21 Å². The van der Waals surface area contributed by atoms with Gasteiger partial charge in [0.25, 0.3) is 0 Å². The lowest BCUT2D eigenvalue weighted by atomic mass is 9.81. The number of hydrogen-bond acceptors (Lipinski definition) is 5. The number of hydrogen-bond donors (Lipinski definition) is 1. The Morgan fingerprint density at radius 1 is 1.00 bits per heavy atom. The number of likely N-dealkylation sites (tertiary alicyclic amines) is 1. The van der Waals surface area contributed by atoms with Crippen LogP contribution in [0.5, 0.6) is 0 Å². The van der Waals surface area contributed by atoms with Gasteiger partial charge in [-0.2, -0.15) is 4.31 Å². The molecule has 9 heteroatoms. The number of anilines is 1. The Labute approximate surface area is 176 Å². The first-order valence-corrected chi connectivity index (χ1v) is 12.1. The minimum atomic E-state index is -3.56. The van der Waals surface area contributed by atoms with E-state index in [1.807, 2.05) is 0 Å². The summed E-state index contributed by atoms with van der Waals surface area (Å²) in [4.78, 5) is 38.8. The third kappa shape index (κ3) is 4.00. The van der Waals surface area contributed by atoms with Crippen LogP contribution in [-0.2, 0) is 24.4 Å². The zero-order valence-corrected chi connectivity index (χ0v) is 17.7. The number of benzene rings is 1. The molecule has 2 heterocycles. The zero-order chi connectivity index (χ0) is 21.3. The summed E-state index contributed by atoms with van der Waals surface area (Å²) in [6.07, 6.45) is 5.11. The molecule has 2 aliphatic heterocycles. The molecule has 2 unspecified atom stereocenters. The predicted octanol–water partition coefficient (Wildman–Crippen LogP) is 1.97. The van der Waals surface area contributed by atoms with Crippen LogP contribution in [0, 0.1) is 11.8 Å². The number of nitrogens with zero attached hydrogens (tertiary/aromatic N) is 2. The Morgan fingerprint density at radius 2 is 1.63 bits per heavy atom. The van der Waals surface area contributed by atoms with Crippen LogP contribution in [0.2, 0.25) is 0 Å². The lowest BCUT2D eigenvalue weighted by Gasteiger charge is -2.19. The molecule has 3 amide bonds. The van der Waals surface area contributed by atoms with Crippen LogP contribution in [-0.4, -0.2) is 55.0 Å². The van der Waals surface area contributed by atoms with E-state index in [0.717, 1.165) is 38.5 Å². The van der Waals surface area contributed by atoms with Crippen molar-refractivity contribution in [3.63, 3.8) is 0 Å². The Bertz CT molecular complexity index is 931. The quantitative estimate of drug-likeness (QED) is 0.691. The van der Waals surface area contributed by atoms with E-state index >= 15 is 0 Å². The van der Waals surface area contributed by atoms with Gasteiger partial charge in [0.2, 0.25) is 27.7 Å². The average Bonchev–Trinajstić information content (AvgIpc) is 3.36. The summed E-state index contributed by atoms with van der Waals surface area (Å²) >= 11 is 0. The van der Waals surface area contributed by atoms with Gasteiger partial charge in [-0.25, -0.2) is 8.42 Å². The number of carbonyl (C=O) groups excluding carboxylic acids is 3. The van der Waals surface area contributed by atoms with Crippen LogP contribution in [0.15, 0.2) is 29.2 Å². The van der Waals surface area contributed by atoms with E-state index in [0.29, 0.717) is 18.8 Å². The molecule has 30 heavy (non-hydrogen) atoms. The molecule has 1 aromatic rings. The molecule has 0 aromatic heterocycles. The van der Waals surface area contributed by atoms with E-state index in [-0.39, 0.29) is 47.4 Å². The lowest BCUT2D eigenvalue weighted by molar-refractivity contribution is -0.140. The molecular formula is C21H27N3O5S. The fourth-order valence-electron chi connectivity index (χ4n) is 4.70. The fraction of sp³-hybridized carbons (Fsp3) is 0.571. The topological polar surface area (TPSA) is 104 Å². The molecule has 0 radical (unpaired) electrons. The van der Waals surface area contributed by atoms with Crippen molar-refractivity contribution < 1.29 is 22.8 Å². The molecule has 2 atom stereocenters. The van der Waals surface area contributed by atoms with Crippen molar-refractivity contribution in [2.75, 3.05) is 25.0 Å². The summed E-state index contributed by atoms with van der Waals surface area (Å²) in [6.45, 7) is 1.08. The van der Waals surface area contributed by atoms with Gasteiger partial charge < -0.3 is 5.32 Å². The first-order valence-electron chi connectivity index (χ1n) is 10.6. The minimum Gasteiger partial charge on any atom is -0.326 e. The highest BCUT2D eigenvalue weighted by atomic mass is 32.2. The van der Waals surface area contributed by atoms with E-state index in [1.165, 1.54) is 21.3 Å². The Morgan fingerprint density at radius 3 is 2.27 bits per heavy atom. The van der Waals surface area contributed by atoms with Gasteiger partial charge >= 0.3 is 0 Å². The number of sulfonamides is 1. The molecule has 1 aliphatic carbocycles. The van der Waals surface area contributed by atoms with E-state index < -0.39 is 10.0 Å². The number of amides is 3. The van der Waals surface area contributed by atoms with Crippen LogP contribution in [0.3, 0.4) is 0 Å². The summed E-state index contributed by atoms with van der Waals surface area (Å²) in [5.41, 5.74) is 0.382. The highest BCUT2D eigenvalue weighted by Gasteiger charge is 2.47. The van der Waals surface area contributed by atoms with Crippen molar-refractivity contribution >= 4 is 33.4 Å². The Kier molecular flexibility index (Phi) is 5.92. The van der Waals surface area contributed by atoms with Crippen molar-refractivity contribution in [3.05, 3.63) is 24.3 Å². The second kappa shape index (κ2) is 8.47. The second-order valence-electron chi connectivity index (χ2n) is 8.26. The summed E-state index contributed by atoms with van der Waals surface area (Å²) in [5.74, 6) is -1.11. The first kappa shape index (κ1) is 21.0. The largest absolute Gasteiger partial charge is 0.326 e. The van der Waals surface area contributed by atoms with Crippen LogP contribution in [0.1, 0.15) is 44.9 Å². The number of nitrogens with one attached hydrogen (secondary N) is 1. The molecule has 3 fully saturated rings. The summed E-state index contributed by atoms with van der Waals surface area (Å²) in [5, 5.41) is 2.69. The van der Waals surface area contributed by atoms with Gasteiger partial charge in [0, 0.05) is 31.7 Å². The van der Waals surface area contributed by atoms with Gasteiger partial charge in [0.05, 0.1) is 16.7 Å². The maximum atomic E-state index is 12.7. The molecule has 2 saturated heterocycles. The van der Waals surface area contributed by atoms with Crippen LogP contribution < -0.4 is 5.32 Å². The van der Waals surface area contributed by atoms with Gasteiger partial charge in [-0.1, -0.05) is 18.9 Å². The van der Waals surface area contributed by atoms with E-state index in [4.69, 9.17) is 0 Å². The van der Waals surface area contributed by atoms with E-state index in [9.17, 15) is 22.8 Å². The Hall–Kier alpha value is -2.26. The van der Waals surface area contributed by atoms with Gasteiger partial charge in [-0.15, -0.1) is 0 Å². The molecule has 4 rings (SSSR count). The van der Waals surface area contributed by atoms with Crippen LogP contribution in [0.25, 0.3) is 0 Å². The zero-order valence-electron chi connectivity index (χ0n) is 16.9. The summed E-state index contributed by atoms with van der Waals surface area (Å²) in [7, 11) is -3.56. The molecule has 162 valence electrons. The number of imide groups is 1. The molecule has 1 aromatic carbocycles. The van der Waals surface area contributed by atoms with Crippen molar-refractivity contribution in [2.24, 2.45) is 11.8 Å². The molecular weight excluding hydrogens is 406 g/mol. The van der Waals surface area contributed by atoms with E-state index in [1.54, 1.807) is 12.1 Å². The molecule has 3 aliphatic rings. The normalized spacial score (nSPS) is 24.9. The van der Waals surface area contributed by atoms with Gasteiger partial charge in [0.15, 0.2) is 0 Å². The number of rotatable bonds is 6. The van der Waals surface area contributed by atoms with Crippen molar-refractivity contribution in [1.29, 1.82) is 0 Å². The third-order valence-electron chi connectivity index (χ3n) is 6.32. The SMILES string of the molecule is O=C(CCN1C(=O)C2CCCCC2C1=O)Nc1cccc(S(=O)(=O)N2CCCC2)c1. The minimum absolute atomic E-state index is 0.0139. The lowest BCUT2D eigenvalue weighted by Crippen LogP contribution is -2.34. The highest BCUT2D eigenvalue weighted by molar-refractivity contribution is 7.89. The third-order valence-corrected chi connectivity index (χ3v) is 8.21. The van der Waals surface area contributed by atoms with Crippen LogP contribution >= 0.6 is 0 Å². The predicted molar refractivity (Wildman–Crippen MR) is 110 cm³/mol. The monoisotopic (exact) mass is 433 g/mol. The number of fused-ring (bicyclic) bond motifs is 1. The number of carbonyl (C=O) groups is 3. The highest BCUT2D eigenvalue weighted by Crippen LogP contribution is 2.38. The molecule has 8 nitrogen and oxygen atoms in total. The summed E-state index contributed by atoms with van der Waals surface area (Å²) < 4.78 is 26.9. The molecule has 0 spiro atoms. The van der Waals surface area contributed by atoms with E-state index in [2.05, 4.69) is 5.32 Å². The van der Waals surface area contributed by atoms with Crippen molar-refractivity contribution in [2.45, 2.75) is 49.8 Å². The standard InChI is InChI=1S/C21H27N3O5S/c25-19(10-13-24-20(26)17-8-1-2-9-18(17)21(24)27)22-15-6-5-7-16(14-15)30(28,29)23-11-3-4-12-23/h5-7,14,17-18H,1-4,8-13H2,(H,22,25). The smallest absolute Gasteiger partial charge is 0.243 e. The van der Waals surface area contributed by atoms with Crippen LogP contribution in [0.4, 0.5) is 5.69 Å². The van der Waals surface area contributed by atoms with Gasteiger partial charge in [0.1, 0.15) is 0 Å². The van der Waals surface area contributed by atoms with Crippen molar-refractivity contribution in [3.8, 4) is 0 Å².